The standard InChI is InChI=1S/C24H40N4O2/c1-19(2)7-10-26-11-8-21(9-12-26)23-22(6-5-20(3)25-23)24(29)28-15-13-27(14-16-28)17-18-30-4/h5-6,19,21H,7-18H2,1-4H3. The zero-order valence-corrected chi connectivity index (χ0v) is 19.4. The summed E-state index contributed by atoms with van der Waals surface area (Å²) in [7, 11) is 1.74. The Bertz CT molecular complexity index is 678. The average Bonchev–Trinajstić information content (AvgIpc) is 2.76. The van der Waals surface area contributed by atoms with Crippen LogP contribution in [0.5, 0.6) is 0 Å². The largest absolute Gasteiger partial charge is 0.383 e. The summed E-state index contributed by atoms with van der Waals surface area (Å²) in [5.74, 6) is 1.30. The third-order valence-electron chi connectivity index (χ3n) is 6.56. The first kappa shape index (κ1) is 23.2. The third kappa shape index (κ3) is 6.25. The molecule has 0 aromatic carbocycles. The summed E-state index contributed by atoms with van der Waals surface area (Å²) in [6, 6.07) is 4.01. The monoisotopic (exact) mass is 416 g/mol. The molecule has 0 atom stereocenters. The zero-order valence-electron chi connectivity index (χ0n) is 19.4. The Morgan fingerprint density at radius 2 is 1.73 bits per heavy atom. The molecule has 2 fully saturated rings. The Kier molecular flexibility index (Phi) is 8.66. The second kappa shape index (κ2) is 11.2. The number of piperazine rings is 1. The normalized spacial score (nSPS) is 19.6. The molecular formula is C24H40N4O2. The molecule has 2 aliphatic rings. The maximum Gasteiger partial charge on any atom is 0.255 e. The van der Waals surface area contributed by atoms with Gasteiger partial charge in [-0.2, -0.15) is 0 Å². The van der Waals surface area contributed by atoms with Crippen LogP contribution in [0.3, 0.4) is 0 Å². The van der Waals surface area contributed by atoms with Crippen molar-refractivity contribution >= 4 is 5.91 Å². The predicted octanol–water partition coefficient (Wildman–Crippen LogP) is 3.02. The van der Waals surface area contributed by atoms with E-state index >= 15 is 0 Å². The molecule has 168 valence electrons. The van der Waals surface area contributed by atoms with E-state index in [0.29, 0.717) is 5.92 Å². The molecule has 2 saturated heterocycles. The van der Waals surface area contributed by atoms with Gasteiger partial charge in [-0.15, -0.1) is 0 Å². The number of aryl methyl sites for hydroxylation is 1. The van der Waals surface area contributed by atoms with Crippen molar-refractivity contribution in [1.82, 2.24) is 19.7 Å². The predicted molar refractivity (Wildman–Crippen MR) is 121 cm³/mol. The molecule has 1 aromatic heterocycles. The van der Waals surface area contributed by atoms with Gasteiger partial charge in [0.15, 0.2) is 0 Å². The maximum absolute atomic E-state index is 13.4. The molecule has 0 N–H and O–H groups in total. The van der Waals surface area contributed by atoms with E-state index in [4.69, 9.17) is 9.72 Å². The highest BCUT2D eigenvalue weighted by Gasteiger charge is 2.29. The quantitative estimate of drug-likeness (QED) is 0.652. The molecule has 6 nitrogen and oxygen atoms in total. The Balaban J connectivity index is 1.62. The molecule has 1 amide bonds. The highest BCUT2D eigenvalue weighted by Crippen LogP contribution is 2.30. The summed E-state index contributed by atoms with van der Waals surface area (Å²) < 4.78 is 5.18. The van der Waals surface area contributed by atoms with Crippen molar-refractivity contribution in [3.05, 3.63) is 29.1 Å². The highest BCUT2D eigenvalue weighted by atomic mass is 16.5. The van der Waals surface area contributed by atoms with Crippen molar-refractivity contribution < 1.29 is 9.53 Å². The molecule has 0 bridgehead atoms. The third-order valence-corrected chi connectivity index (χ3v) is 6.56. The number of amides is 1. The van der Waals surface area contributed by atoms with E-state index in [1.807, 2.05) is 24.0 Å². The van der Waals surface area contributed by atoms with E-state index in [0.717, 1.165) is 88.1 Å². The van der Waals surface area contributed by atoms with E-state index < -0.39 is 0 Å². The van der Waals surface area contributed by atoms with Crippen molar-refractivity contribution in [1.29, 1.82) is 0 Å². The van der Waals surface area contributed by atoms with Gasteiger partial charge in [0.1, 0.15) is 0 Å². The minimum atomic E-state index is 0.158. The number of likely N-dealkylation sites (tertiary alicyclic amines) is 1. The van der Waals surface area contributed by atoms with E-state index in [1.54, 1.807) is 7.11 Å². The molecule has 6 heteroatoms. The summed E-state index contributed by atoms with van der Waals surface area (Å²) in [6.07, 6.45) is 3.45. The van der Waals surface area contributed by atoms with Crippen molar-refractivity contribution in [3.63, 3.8) is 0 Å². The van der Waals surface area contributed by atoms with Crippen LogP contribution in [0.15, 0.2) is 12.1 Å². The summed E-state index contributed by atoms with van der Waals surface area (Å²) in [4.78, 5) is 25.2. The fraction of sp³-hybridized carbons (Fsp3) is 0.750. The topological polar surface area (TPSA) is 48.9 Å². The van der Waals surface area contributed by atoms with Crippen LogP contribution in [-0.4, -0.2) is 91.7 Å². The maximum atomic E-state index is 13.4. The van der Waals surface area contributed by atoms with Crippen molar-refractivity contribution in [3.8, 4) is 0 Å². The summed E-state index contributed by atoms with van der Waals surface area (Å²) >= 11 is 0. The van der Waals surface area contributed by atoms with Crippen LogP contribution in [0, 0.1) is 12.8 Å². The summed E-state index contributed by atoms with van der Waals surface area (Å²) in [5, 5.41) is 0. The molecule has 2 aliphatic heterocycles. The van der Waals surface area contributed by atoms with Crippen molar-refractivity contribution in [2.45, 2.75) is 46.0 Å². The lowest BCUT2D eigenvalue weighted by molar-refractivity contribution is 0.0591. The van der Waals surface area contributed by atoms with Gasteiger partial charge in [0.2, 0.25) is 0 Å². The van der Waals surface area contributed by atoms with Gasteiger partial charge in [-0.05, 0) is 63.9 Å². The number of ether oxygens (including phenoxy) is 1. The zero-order chi connectivity index (χ0) is 21.5. The number of piperidine rings is 1. The van der Waals surface area contributed by atoms with Crippen molar-refractivity contribution in [2.75, 3.05) is 66.1 Å². The Labute approximate surface area is 182 Å². The van der Waals surface area contributed by atoms with Crippen LogP contribution in [0.2, 0.25) is 0 Å². The number of hydrogen-bond donors (Lipinski definition) is 0. The second-order valence-corrected chi connectivity index (χ2v) is 9.31. The first-order valence-electron chi connectivity index (χ1n) is 11.7. The van der Waals surface area contributed by atoms with E-state index in [2.05, 4.69) is 23.6 Å². The first-order chi connectivity index (χ1) is 14.5. The molecule has 0 saturated carbocycles. The number of carbonyl (C=O) groups is 1. The average molecular weight is 417 g/mol. The first-order valence-corrected chi connectivity index (χ1v) is 11.7. The van der Waals surface area contributed by atoms with Gasteiger partial charge < -0.3 is 14.5 Å². The van der Waals surface area contributed by atoms with Gasteiger partial charge in [0, 0.05) is 51.4 Å². The van der Waals surface area contributed by atoms with E-state index in [1.165, 1.54) is 13.0 Å². The molecule has 0 unspecified atom stereocenters. The number of rotatable bonds is 8. The van der Waals surface area contributed by atoms with Crippen LogP contribution in [0.25, 0.3) is 0 Å². The number of pyridine rings is 1. The van der Waals surface area contributed by atoms with Gasteiger partial charge in [-0.3, -0.25) is 14.7 Å². The summed E-state index contributed by atoms with van der Waals surface area (Å²) in [6.45, 7) is 15.1. The number of aromatic nitrogens is 1. The lowest BCUT2D eigenvalue weighted by Gasteiger charge is -2.36. The smallest absolute Gasteiger partial charge is 0.255 e. The minimum Gasteiger partial charge on any atom is -0.383 e. The van der Waals surface area contributed by atoms with Crippen LogP contribution in [0.1, 0.15) is 60.8 Å². The molecule has 0 aliphatic carbocycles. The van der Waals surface area contributed by atoms with E-state index in [-0.39, 0.29) is 5.91 Å². The Morgan fingerprint density at radius 1 is 1.07 bits per heavy atom. The van der Waals surface area contributed by atoms with Crippen LogP contribution in [-0.2, 0) is 4.74 Å². The van der Waals surface area contributed by atoms with Crippen molar-refractivity contribution in [2.24, 2.45) is 5.92 Å². The number of carbonyl (C=O) groups excluding carboxylic acids is 1. The molecule has 3 heterocycles. The Morgan fingerprint density at radius 3 is 2.37 bits per heavy atom. The molecule has 0 radical (unpaired) electrons. The van der Waals surface area contributed by atoms with Crippen LogP contribution in [0.4, 0.5) is 0 Å². The van der Waals surface area contributed by atoms with Crippen LogP contribution >= 0.6 is 0 Å². The highest BCUT2D eigenvalue weighted by molar-refractivity contribution is 5.95. The fourth-order valence-electron chi connectivity index (χ4n) is 4.50. The molecule has 0 spiro atoms. The SMILES string of the molecule is COCCN1CCN(C(=O)c2ccc(C)nc2C2CCN(CCC(C)C)CC2)CC1. The second-order valence-electron chi connectivity index (χ2n) is 9.31. The minimum absolute atomic E-state index is 0.158. The number of nitrogens with zero attached hydrogens (tertiary/aromatic N) is 4. The van der Waals surface area contributed by atoms with Gasteiger partial charge in [0.05, 0.1) is 17.9 Å². The fourth-order valence-corrected chi connectivity index (χ4v) is 4.50. The van der Waals surface area contributed by atoms with Gasteiger partial charge >= 0.3 is 0 Å². The Hall–Kier alpha value is -1.50. The van der Waals surface area contributed by atoms with Gasteiger partial charge in [-0.1, -0.05) is 13.8 Å². The number of methoxy groups -OCH3 is 1. The van der Waals surface area contributed by atoms with Gasteiger partial charge in [-0.25, -0.2) is 0 Å². The lowest BCUT2D eigenvalue weighted by Crippen LogP contribution is -2.49. The van der Waals surface area contributed by atoms with Gasteiger partial charge in [0.25, 0.3) is 5.91 Å². The molecule has 1 aromatic rings. The lowest BCUT2D eigenvalue weighted by atomic mass is 9.89. The van der Waals surface area contributed by atoms with Crippen LogP contribution < -0.4 is 0 Å². The number of hydrogen-bond acceptors (Lipinski definition) is 5. The van der Waals surface area contributed by atoms with E-state index in [9.17, 15) is 4.79 Å². The molecular weight excluding hydrogens is 376 g/mol. The summed E-state index contributed by atoms with van der Waals surface area (Å²) in [5.41, 5.74) is 2.87. The molecule has 3 rings (SSSR count). The molecule has 30 heavy (non-hydrogen) atoms.